The summed E-state index contributed by atoms with van der Waals surface area (Å²) < 4.78 is 0. The van der Waals surface area contributed by atoms with Crippen LogP contribution >= 0.6 is 0 Å². The van der Waals surface area contributed by atoms with Crippen LogP contribution in [0.1, 0.15) is 6.42 Å². The summed E-state index contributed by atoms with van der Waals surface area (Å²) in [5.41, 5.74) is 1.23. The van der Waals surface area contributed by atoms with Gasteiger partial charge in [-0.2, -0.15) is 0 Å². The quantitative estimate of drug-likeness (QED) is 0.353. The summed E-state index contributed by atoms with van der Waals surface area (Å²) in [4.78, 5) is 7.48. The molecule has 2 aliphatic rings. The topological polar surface area (TPSA) is 24.8 Å². The molecule has 0 aliphatic carbocycles. The van der Waals surface area contributed by atoms with E-state index in [2.05, 4.69) is 16.6 Å². The van der Waals surface area contributed by atoms with E-state index in [0.29, 0.717) is 12.5 Å². The van der Waals surface area contributed by atoms with Crippen LogP contribution in [0, 0.1) is 5.92 Å². The standard InChI is InChI=1S/C9H14N2O/c1-2-5-12-10-9-7-11-4-3-8(9)6-11/h2,8H,1,3-7H2. The summed E-state index contributed by atoms with van der Waals surface area (Å²) in [7, 11) is 0. The van der Waals surface area contributed by atoms with E-state index < -0.39 is 0 Å². The van der Waals surface area contributed by atoms with Crippen molar-refractivity contribution in [2.45, 2.75) is 6.42 Å². The Hall–Kier alpha value is -0.830. The molecular formula is C9H14N2O. The second-order valence-electron chi connectivity index (χ2n) is 3.39. The van der Waals surface area contributed by atoms with E-state index in [1.54, 1.807) is 6.08 Å². The van der Waals surface area contributed by atoms with Gasteiger partial charge in [-0.25, -0.2) is 0 Å². The highest BCUT2D eigenvalue weighted by atomic mass is 16.6. The fourth-order valence-corrected chi connectivity index (χ4v) is 1.88. The predicted octanol–water partition coefficient (Wildman–Crippen LogP) is 0.880. The van der Waals surface area contributed by atoms with Gasteiger partial charge in [-0.15, -0.1) is 0 Å². The average molecular weight is 166 g/mol. The van der Waals surface area contributed by atoms with Crippen molar-refractivity contribution in [3.05, 3.63) is 12.7 Å². The molecule has 0 spiro atoms. The Morgan fingerprint density at radius 1 is 1.75 bits per heavy atom. The van der Waals surface area contributed by atoms with Crippen molar-refractivity contribution >= 4 is 5.71 Å². The molecule has 0 N–H and O–H groups in total. The van der Waals surface area contributed by atoms with E-state index in [9.17, 15) is 0 Å². The number of piperidine rings is 1. The lowest BCUT2D eigenvalue weighted by Crippen LogP contribution is -2.23. The third kappa shape index (κ3) is 1.37. The van der Waals surface area contributed by atoms with Crippen LogP contribution in [0.5, 0.6) is 0 Å². The van der Waals surface area contributed by atoms with Gasteiger partial charge in [0.25, 0.3) is 0 Å². The van der Waals surface area contributed by atoms with E-state index in [1.807, 2.05) is 0 Å². The summed E-state index contributed by atoms with van der Waals surface area (Å²) in [6.45, 7) is 7.54. The van der Waals surface area contributed by atoms with Gasteiger partial charge < -0.3 is 4.84 Å². The zero-order valence-corrected chi connectivity index (χ0v) is 7.20. The minimum absolute atomic E-state index is 0.524. The van der Waals surface area contributed by atoms with Crippen LogP contribution in [0.15, 0.2) is 17.8 Å². The molecular weight excluding hydrogens is 152 g/mol. The molecule has 0 radical (unpaired) electrons. The molecule has 3 nitrogen and oxygen atoms in total. The molecule has 12 heavy (non-hydrogen) atoms. The largest absolute Gasteiger partial charge is 0.392 e. The van der Waals surface area contributed by atoms with Crippen molar-refractivity contribution < 1.29 is 4.84 Å². The lowest BCUT2D eigenvalue weighted by molar-refractivity contribution is 0.172. The maximum atomic E-state index is 5.06. The Bertz CT molecular complexity index is 213. The van der Waals surface area contributed by atoms with Crippen molar-refractivity contribution in [2.75, 3.05) is 26.2 Å². The normalized spacial score (nSPS) is 35.8. The van der Waals surface area contributed by atoms with Crippen molar-refractivity contribution in [1.82, 2.24) is 4.90 Å². The molecule has 2 rings (SSSR count). The first-order chi connectivity index (χ1) is 5.90. The van der Waals surface area contributed by atoms with Gasteiger partial charge in [-0.1, -0.05) is 17.8 Å². The monoisotopic (exact) mass is 166 g/mol. The average Bonchev–Trinajstić information content (AvgIpc) is 2.65. The Morgan fingerprint density at radius 2 is 2.67 bits per heavy atom. The predicted molar refractivity (Wildman–Crippen MR) is 48.1 cm³/mol. The summed E-state index contributed by atoms with van der Waals surface area (Å²) in [6, 6.07) is 0. The molecule has 0 aromatic heterocycles. The second-order valence-corrected chi connectivity index (χ2v) is 3.39. The van der Waals surface area contributed by atoms with Crippen LogP contribution in [-0.4, -0.2) is 36.9 Å². The Morgan fingerprint density at radius 3 is 3.25 bits per heavy atom. The van der Waals surface area contributed by atoms with Crippen molar-refractivity contribution in [3.63, 3.8) is 0 Å². The van der Waals surface area contributed by atoms with E-state index >= 15 is 0 Å². The second kappa shape index (κ2) is 3.27. The minimum Gasteiger partial charge on any atom is -0.392 e. The molecule has 2 fully saturated rings. The Balaban J connectivity index is 1.88. The fourth-order valence-electron chi connectivity index (χ4n) is 1.88. The zero-order chi connectivity index (χ0) is 8.39. The van der Waals surface area contributed by atoms with Gasteiger partial charge in [0.1, 0.15) is 6.61 Å². The zero-order valence-electron chi connectivity index (χ0n) is 7.20. The van der Waals surface area contributed by atoms with Crippen LogP contribution in [0.4, 0.5) is 0 Å². The third-order valence-electron chi connectivity index (χ3n) is 2.50. The molecule has 0 aromatic rings. The van der Waals surface area contributed by atoms with Gasteiger partial charge in [0.2, 0.25) is 0 Å². The Kier molecular flexibility index (Phi) is 2.13. The summed E-state index contributed by atoms with van der Waals surface area (Å²) in [5, 5.41) is 4.10. The first-order valence-corrected chi connectivity index (χ1v) is 4.42. The van der Waals surface area contributed by atoms with Crippen molar-refractivity contribution in [1.29, 1.82) is 0 Å². The van der Waals surface area contributed by atoms with E-state index in [-0.39, 0.29) is 0 Å². The van der Waals surface area contributed by atoms with E-state index in [0.717, 1.165) is 6.54 Å². The summed E-state index contributed by atoms with van der Waals surface area (Å²) in [5.74, 6) is 0.676. The molecule has 2 atom stereocenters. The number of nitrogens with zero attached hydrogens (tertiary/aromatic N) is 2. The maximum Gasteiger partial charge on any atom is 0.135 e. The van der Waals surface area contributed by atoms with Gasteiger partial charge in [-0.05, 0) is 13.0 Å². The number of hydrogen-bond acceptors (Lipinski definition) is 3. The van der Waals surface area contributed by atoms with Gasteiger partial charge in [-0.3, -0.25) is 4.90 Å². The lowest BCUT2D eigenvalue weighted by Gasteiger charge is -2.12. The van der Waals surface area contributed by atoms with Gasteiger partial charge in [0.15, 0.2) is 0 Å². The first kappa shape index (κ1) is 7.80. The molecule has 2 bridgehead atoms. The number of fused-ring (bicyclic) bond motifs is 2. The van der Waals surface area contributed by atoms with Crippen molar-refractivity contribution in [3.8, 4) is 0 Å². The molecule has 66 valence electrons. The highest BCUT2D eigenvalue weighted by Crippen LogP contribution is 2.25. The number of rotatable bonds is 3. The molecule has 0 amide bonds. The molecule has 2 unspecified atom stereocenters. The molecule has 0 saturated carbocycles. The lowest BCUT2D eigenvalue weighted by atomic mass is 10.0. The molecule has 2 aliphatic heterocycles. The van der Waals surface area contributed by atoms with Crippen molar-refractivity contribution in [2.24, 2.45) is 11.1 Å². The van der Waals surface area contributed by atoms with Crippen LogP contribution in [-0.2, 0) is 4.84 Å². The third-order valence-corrected chi connectivity index (χ3v) is 2.50. The first-order valence-electron chi connectivity index (χ1n) is 4.42. The molecule has 0 aromatic carbocycles. The summed E-state index contributed by atoms with van der Waals surface area (Å²) in [6.07, 6.45) is 2.98. The number of oxime groups is 1. The fraction of sp³-hybridized carbons (Fsp3) is 0.667. The van der Waals surface area contributed by atoms with E-state index in [4.69, 9.17) is 4.84 Å². The van der Waals surface area contributed by atoms with Gasteiger partial charge in [0.05, 0.1) is 5.71 Å². The van der Waals surface area contributed by atoms with Crippen LogP contribution in [0.3, 0.4) is 0 Å². The number of hydrogen-bond donors (Lipinski definition) is 0. The Labute approximate surface area is 72.7 Å². The van der Waals surface area contributed by atoms with Crippen LogP contribution in [0.25, 0.3) is 0 Å². The molecule has 2 heterocycles. The summed E-state index contributed by atoms with van der Waals surface area (Å²) >= 11 is 0. The maximum absolute atomic E-state index is 5.06. The minimum atomic E-state index is 0.524. The highest BCUT2D eigenvalue weighted by Gasteiger charge is 2.35. The molecule has 3 heteroatoms. The SMILES string of the molecule is C=CCON=C1CN2CCC1C2. The van der Waals surface area contributed by atoms with Gasteiger partial charge >= 0.3 is 0 Å². The van der Waals surface area contributed by atoms with Crippen LogP contribution < -0.4 is 0 Å². The molecule has 2 saturated heterocycles. The van der Waals surface area contributed by atoms with Crippen LogP contribution in [0.2, 0.25) is 0 Å². The highest BCUT2D eigenvalue weighted by molar-refractivity contribution is 5.91. The smallest absolute Gasteiger partial charge is 0.135 e. The van der Waals surface area contributed by atoms with E-state index in [1.165, 1.54) is 25.2 Å². The van der Waals surface area contributed by atoms with Gasteiger partial charge in [0, 0.05) is 19.0 Å².